The van der Waals surface area contributed by atoms with Crippen LogP contribution >= 0.6 is 0 Å². The minimum absolute atomic E-state index is 0.0479. The van der Waals surface area contributed by atoms with Crippen molar-refractivity contribution in [2.45, 2.75) is 33.6 Å². The van der Waals surface area contributed by atoms with Gasteiger partial charge < -0.3 is 13.8 Å². The van der Waals surface area contributed by atoms with Gasteiger partial charge in [0.05, 0.1) is 12.3 Å². The van der Waals surface area contributed by atoms with E-state index >= 15 is 0 Å². The number of nitriles is 1. The smallest absolute Gasteiger partial charge is 0.329 e. The third kappa shape index (κ3) is 3.86. The molecule has 3 aromatic rings. The normalized spacial score (nSPS) is 10.6. The zero-order valence-electron chi connectivity index (χ0n) is 14.4. The van der Waals surface area contributed by atoms with Crippen molar-refractivity contribution >= 4 is 0 Å². The molecule has 7 nitrogen and oxygen atoms in total. The molecule has 0 aliphatic carbocycles. The van der Waals surface area contributed by atoms with Gasteiger partial charge in [0.25, 0.3) is 0 Å². The fraction of sp³-hybridized carbons (Fsp3) is 0.333. The standard InChI is InChI=1S/C18H18N4O3/c1-11-7-14(18-20-16(10-19)25-22-18)8-12(2)17(11)23-6-4-5-15-9-13(3)21-24-15/h7-9H,4-6H2,1-3H3. The molecule has 0 fully saturated rings. The van der Waals surface area contributed by atoms with E-state index in [1.54, 1.807) is 0 Å². The maximum absolute atomic E-state index is 8.78. The maximum Gasteiger partial charge on any atom is 0.329 e. The zero-order valence-corrected chi connectivity index (χ0v) is 14.4. The first kappa shape index (κ1) is 16.7. The van der Waals surface area contributed by atoms with E-state index in [0.29, 0.717) is 12.4 Å². The SMILES string of the molecule is Cc1cc(CCCOc2c(C)cc(-c3noc(C#N)n3)cc2C)on1. The Bertz CT molecular complexity index is 898. The van der Waals surface area contributed by atoms with Gasteiger partial charge in [-0.15, -0.1) is 0 Å². The van der Waals surface area contributed by atoms with E-state index in [0.717, 1.165) is 46.7 Å². The highest BCUT2D eigenvalue weighted by Crippen LogP contribution is 2.29. The lowest BCUT2D eigenvalue weighted by Gasteiger charge is -2.13. The van der Waals surface area contributed by atoms with Crippen LogP contribution in [0.3, 0.4) is 0 Å². The highest BCUT2D eigenvalue weighted by molar-refractivity contribution is 5.61. The van der Waals surface area contributed by atoms with Gasteiger partial charge in [-0.25, -0.2) is 0 Å². The number of hydrogen-bond donors (Lipinski definition) is 0. The molecule has 7 heteroatoms. The molecule has 0 amide bonds. The van der Waals surface area contributed by atoms with E-state index in [9.17, 15) is 0 Å². The molecule has 3 rings (SSSR count). The molecule has 0 radical (unpaired) electrons. The molecule has 0 aliphatic rings. The summed E-state index contributed by atoms with van der Waals surface area (Å²) in [6.07, 6.45) is 1.63. The summed E-state index contributed by atoms with van der Waals surface area (Å²) in [5.41, 5.74) is 3.64. The minimum atomic E-state index is -0.0479. The second kappa shape index (κ2) is 7.18. The Labute approximate surface area is 145 Å². The quantitative estimate of drug-likeness (QED) is 0.634. The van der Waals surface area contributed by atoms with Gasteiger partial charge in [-0.3, -0.25) is 0 Å². The van der Waals surface area contributed by atoms with E-state index < -0.39 is 0 Å². The van der Waals surface area contributed by atoms with Gasteiger partial charge in [0, 0.05) is 18.1 Å². The second-order valence-electron chi connectivity index (χ2n) is 5.86. The molecular weight excluding hydrogens is 320 g/mol. The first-order chi connectivity index (χ1) is 12.1. The van der Waals surface area contributed by atoms with Crippen molar-refractivity contribution in [3.05, 3.63) is 46.7 Å². The lowest BCUT2D eigenvalue weighted by atomic mass is 10.1. The Balaban J connectivity index is 1.65. The lowest BCUT2D eigenvalue weighted by molar-refractivity contribution is 0.296. The molecule has 25 heavy (non-hydrogen) atoms. The van der Waals surface area contributed by atoms with Crippen molar-refractivity contribution in [3.8, 4) is 23.2 Å². The Hall–Kier alpha value is -3.14. The number of rotatable bonds is 6. The number of aryl methyl sites for hydroxylation is 4. The third-order valence-electron chi connectivity index (χ3n) is 3.73. The van der Waals surface area contributed by atoms with Gasteiger partial charge >= 0.3 is 5.89 Å². The van der Waals surface area contributed by atoms with Crippen molar-refractivity contribution in [3.63, 3.8) is 0 Å². The van der Waals surface area contributed by atoms with Crippen LogP contribution in [0.2, 0.25) is 0 Å². The number of nitrogens with zero attached hydrogens (tertiary/aromatic N) is 4. The van der Waals surface area contributed by atoms with Crippen molar-refractivity contribution in [1.29, 1.82) is 5.26 Å². The van der Waals surface area contributed by atoms with Crippen LogP contribution < -0.4 is 4.74 Å². The van der Waals surface area contributed by atoms with Crippen LogP contribution in [-0.4, -0.2) is 21.9 Å². The summed E-state index contributed by atoms with van der Waals surface area (Å²) in [5.74, 6) is 2.07. The summed E-state index contributed by atoms with van der Waals surface area (Å²) in [4.78, 5) is 4.03. The Morgan fingerprint density at radius 1 is 1.08 bits per heavy atom. The molecule has 1 aromatic carbocycles. The molecule has 0 saturated heterocycles. The first-order valence-corrected chi connectivity index (χ1v) is 7.97. The van der Waals surface area contributed by atoms with Crippen LogP contribution in [0.25, 0.3) is 11.4 Å². The predicted molar refractivity (Wildman–Crippen MR) is 89.0 cm³/mol. The highest BCUT2D eigenvalue weighted by atomic mass is 16.5. The Kier molecular flexibility index (Phi) is 4.80. The van der Waals surface area contributed by atoms with Crippen LogP contribution in [-0.2, 0) is 6.42 Å². The van der Waals surface area contributed by atoms with Gasteiger partial charge in [-0.2, -0.15) is 10.2 Å². The summed E-state index contributed by atoms with van der Waals surface area (Å²) in [5, 5.41) is 16.5. The van der Waals surface area contributed by atoms with E-state index in [4.69, 9.17) is 19.0 Å². The summed E-state index contributed by atoms with van der Waals surface area (Å²) >= 11 is 0. The predicted octanol–water partition coefficient (Wildman–Crippen LogP) is 3.53. The van der Waals surface area contributed by atoms with Crippen LogP contribution in [0, 0.1) is 32.1 Å². The van der Waals surface area contributed by atoms with Crippen molar-refractivity contribution < 1.29 is 13.8 Å². The number of hydrogen-bond acceptors (Lipinski definition) is 7. The van der Waals surface area contributed by atoms with E-state index in [2.05, 4.69) is 15.3 Å². The van der Waals surface area contributed by atoms with Crippen molar-refractivity contribution in [1.82, 2.24) is 15.3 Å². The number of aromatic nitrogens is 3. The van der Waals surface area contributed by atoms with E-state index in [1.807, 2.05) is 45.0 Å². The molecule has 0 saturated carbocycles. The van der Waals surface area contributed by atoms with Crippen LogP contribution in [0.1, 0.15) is 34.9 Å². The first-order valence-electron chi connectivity index (χ1n) is 7.97. The monoisotopic (exact) mass is 338 g/mol. The summed E-state index contributed by atoms with van der Waals surface area (Å²) in [6, 6.07) is 7.62. The van der Waals surface area contributed by atoms with E-state index in [1.165, 1.54) is 0 Å². The molecule has 0 aliphatic heterocycles. The molecule has 128 valence electrons. The summed E-state index contributed by atoms with van der Waals surface area (Å²) in [6.45, 7) is 6.43. The molecule has 0 unspecified atom stereocenters. The molecule has 0 bridgehead atoms. The fourth-order valence-electron chi connectivity index (χ4n) is 2.65. The number of benzene rings is 1. The topological polar surface area (TPSA) is 98.0 Å². The van der Waals surface area contributed by atoms with E-state index in [-0.39, 0.29) is 5.89 Å². The van der Waals surface area contributed by atoms with Crippen LogP contribution in [0.5, 0.6) is 5.75 Å². The minimum Gasteiger partial charge on any atom is -0.493 e. The third-order valence-corrected chi connectivity index (χ3v) is 3.73. The maximum atomic E-state index is 8.78. The van der Waals surface area contributed by atoms with Crippen LogP contribution in [0.15, 0.2) is 27.2 Å². The lowest BCUT2D eigenvalue weighted by Crippen LogP contribution is -2.02. The summed E-state index contributed by atoms with van der Waals surface area (Å²) in [7, 11) is 0. The molecule has 2 heterocycles. The van der Waals surface area contributed by atoms with Gasteiger partial charge in [0.15, 0.2) is 6.07 Å². The average molecular weight is 338 g/mol. The largest absolute Gasteiger partial charge is 0.493 e. The van der Waals surface area contributed by atoms with Gasteiger partial charge in [-0.1, -0.05) is 10.3 Å². The van der Waals surface area contributed by atoms with Crippen molar-refractivity contribution in [2.24, 2.45) is 0 Å². The van der Waals surface area contributed by atoms with Gasteiger partial charge in [-0.05, 0) is 50.5 Å². The molecule has 0 N–H and O–H groups in total. The van der Waals surface area contributed by atoms with Crippen LogP contribution in [0.4, 0.5) is 0 Å². The van der Waals surface area contributed by atoms with Gasteiger partial charge in [0.2, 0.25) is 5.82 Å². The second-order valence-corrected chi connectivity index (χ2v) is 5.86. The average Bonchev–Trinajstić information content (AvgIpc) is 3.22. The van der Waals surface area contributed by atoms with Crippen molar-refractivity contribution in [2.75, 3.05) is 6.61 Å². The summed E-state index contributed by atoms with van der Waals surface area (Å²) < 4.78 is 16.0. The molecule has 0 atom stereocenters. The fourth-order valence-corrected chi connectivity index (χ4v) is 2.65. The molecule has 0 spiro atoms. The molecular formula is C18H18N4O3. The number of ether oxygens (including phenoxy) is 1. The molecule has 2 aromatic heterocycles. The zero-order chi connectivity index (χ0) is 17.8. The Morgan fingerprint density at radius 3 is 2.44 bits per heavy atom. The van der Waals surface area contributed by atoms with Gasteiger partial charge in [0.1, 0.15) is 11.5 Å². The highest BCUT2D eigenvalue weighted by Gasteiger charge is 2.13. The Morgan fingerprint density at radius 2 is 1.84 bits per heavy atom.